The molecule has 1 amide bonds. The van der Waals surface area contributed by atoms with E-state index >= 15 is 0 Å². The van der Waals surface area contributed by atoms with Gasteiger partial charge < -0.3 is 19.4 Å². The van der Waals surface area contributed by atoms with Gasteiger partial charge in [0, 0.05) is 24.7 Å². The Morgan fingerprint density at radius 2 is 1.86 bits per heavy atom. The minimum atomic E-state index is -0.511. The summed E-state index contributed by atoms with van der Waals surface area (Å²) in [5.74, 6) is 0.783. The third-order valence-electron chi connectivity index (χ3n) is 6.98. The lowest BCUT2D eigenvalue weighted by Gasteiger charge is -2.39. The Bertz CT molecular complexity index is 1470. The van der Waals surface area contributed by atoms with E-state index in [1.807, 2.05) is 55.5 Å². The quantitative estimate of drug-likeness (QED) is 0.395. The van der Waals surface area contributed by atoms with Crippen molar-refractivity contribution in [1.82, 2.24) is 19.7 Å². The predicted octanol–water partition coefficient (Wildman–Crippen LogP) is 4.02. The Labute approximate surface area is 215 Å². The van der Waals surface area contributed by atoms with E-state index in [0.29, 0.717) is 19.0 Å². The van der Waals surface area contributed by atoms with Crippen molar-refractivity contribution in [3.05, 3.63) is 89.0 Å². The van der Waals surface area contributed by atoms with Crippen molar-refractivity contribution in [2.24, 2.45) is 18.4 Å². The Hall–Kier alpha value is -3.91. The smallest absolute Gasteiger partial charge is 0.250 e. The van der Waals surface area contributed by atoms with Crippen LogP contribution in [0.2, 0.25) is 0 Å². The number of aromatic nitrogens is 3. The van der Waals surface area contributed by atoms with E-state index in [2.05, 4.69) is 24.3 Å². The van der Waals surface area contributed by atoms with Crippen LogP contribution in [0.15, 0.2) is 77.9 Å². The van der Waals surface area contributed by atoms with Crippen LogP contribution < -0.4 is 15.6 Å². The van der Waals surface area contributed by atoms with Gasteiger partial charge in [0.05, 0.1) is 42.1 Å². The summed E-state index contributed by atoms with van der Waals surface area (Å²) in [4.78, 5) is 24.9. The van der Waals surface area contributed by atoms with Crippen LogP contribution in [-0.2, 0) is 16.6 Å². The lowest BCUT2D eigenvalue weighted by Crippen LogP contribution is -2.56. The normalized spacial score (nSPS) is 16.2. The fourth-order valence-corrected chi connectivity index (χ4v) is 4.59. The molecule has 4 aromatic rings. The van der Waals surface area contributed by atoms with Gasteiger partial charge in [-0.3, -0.25) is 9.59 Å². The topological polar surface area (TPSA) is 87.4 Å². The molecule has 0 saturated carbocycles. The highest BCUT2D eigenvalue weighted by atomic mass is 16.5. The molecule has 1 aliphatic heterocycles. The summed E-state index contributed by atoms with van der Waals surface area (Å²) in [5, 5.41) is 8.70. The Morgan fingerprint density at radius 3 is 2.51 bits per heavy atom. The molecule has 1 aliphatic rings. The minimum Gasteiger partial charge on any atom is -0.484 e. The minimum absolute atomic E-state index is 0.0176. The van der Waals surface area contributed by atoms with E-state index in [9.17, 15) is 9.59 Å². The zero-order valence-electron chi connectivity index (χ0n) is 21.5. The molecule has 5 rings (SSSR count). The summed E-state index contributed by atoms with van der Waals surface area (Å²) in [7, 11) is 1.72. The molecule has 0 radical (unpaired) electrons. The number of ether oxygens (including phenoxy) is 2. The number of carbonyl (C=O) groups excluding carboxylic acids is 1. The first-order valence-electron chi connectivity index (χ1n) is 12.5. The lowest BCUT2D eigenvalue weighted by atomic mass is 9.85. The number of hydrogen-bond donors (Lipinski definition) is 1. The largest absolute Gasteiger partial charge is 0.484 e. The van der Waals surface area contributed by atoms with Gasteiger partial charge in [0.25, 0.3) is 0 Å². The maximum atomic E-state index is 13.1. The molecule has 0 aliphatic carbocycles. The standard InChI is InChI=1S/C29H32N4O4/c1-19(2)26(31-28(35)29(3)17-36-18-29)27(20-8-6-5-7-9-20)37-23-11-12-24-21(14-23)15-30-33(24)22-10-13-25(34)32(4)16-22/h5-16,19,26-27H,17-18H2,1-4H3,(H,31,35)/t26-,27+/m0/s1. The number of benzene rings is 2. The summed E-state index contributed by atoms with van der Waals surface area (Å²) in [6.07, 6.45) is 3.14. The predicted molar refractivity (Wildman–Crippen MR) is 142 cm³/mol. The molecule has 1 fully saturated rings. The molecule has 3 heterocycles. The average molecular weight is 501 g/mol. The second-order valence-corrected chi connectivity index (χ2v) is 10.4. The van der Waals surface area contributed by atoms with E-state index in [4.69, 9.17) is 9.47 Å². The van der Waals surface area contributed by atoms with E-state index in [1.165, 1.54) is 10.6 Å². The van der Waals surface area contributed by atoms with Crippen LogP contribution in [0.5, 0.6) is 5.75 Å². The number of carbonyl (C=O) groups is 1. The summed E-state index contributed by atoms with van der Waals surface area (Å²) >= 11 is 0. The number of rotatable bonds is 8. The van der Waals surface area contributed by atoms with E-state index in [0.717, 1.165) is 22.2 Å². The van der Waals surface area contributed by atoms with Crippen molar-refractivity contribution in [2.45, 2.75) is 32.9 Å². The van der Waals surface area contributed by atoms with E-state index in [-0.39, 0.29) is 23.4 Å². The number of nitrogens with zero attached hydrogens (tertiary/aromatic N) is 3. The van der Waals surface area contributed by atoms with E-state index in [1.54, 1.807) is 30.2 Å². The molecular formula is C29H32N4O4. The molecule has 192 valence electrons. The first kappa shape index (κ1) is 24.8. The molecule has 0 spiro atoms. The fraction of sp³-hybridized carbons (Fsp3) is 0.345. The number of nitrogens with one attached hydrogen (secondary N) is 1. The van der Waals surface area contributed by atoms with Crippen LogP contribution in [0.1, 0.15) is 32.4 Å². The van der Waals surface area contributed by atoms with Gasteiger partial charge in [-0.25, -0.2) is 4.68 Å². The highest BCUT2D eigenvalue weighted by Crippen LogP contribution is 2.33. The molecule has 8 heteroatoms. The second-order valence-electron chi connectivity index (χ2n) is 10.4. The zero-order valence-corrected chi connectivity index (χ0v) is 21.5. The van der Waals surface area contributed by atoms with Crippen molar-refractivity contribution in [3.63, 3.8) is 0 Å². The summed E-state index contributed by atoms with van der Waals surface area (Å²) in [6.45, 7) is 6.96. The van der Waals surface area contributed by atoms with Crippen LogP contribution >= 0.6 is 0 Å². The monoisotopic (exact) mass is 500 g/mol. The Morgan fingerprint density at radius 1 is 1.11 bits per heavy atom. The molecular weight excluding hydrogens is 468 g/mol. The average Bonchev–Trinajstić information content (AvgIpc) is 3.29. The second kappa shape index (κ2) is 9.86. The molecule has 37 heavy (non-hydrogen) atoms. The summed E-state index contributed by atoms with van der Waals surface area (Å²) in [6, 6.07) is 18.8. The number of pyridine rings is 1. The van der Waals surface area contributed by atoms with Crippen LogP contribution in [0.3, 0.4) is 0 Å². The van der Waals surface area contributed by atoms with Gasteiger partial charge in [-0.1, -0.05) is 44.2 Å². The van der Waals surface area contributed by atoms with Gasteiger partial charge in [0.2, 0.25) is 11.5 Å². The van der Waals surface area contributed by atoms with Crippen LogP contribution in [-0.4, -0.2) is 39.5 Å². The number of hydrogen-bond acceptors (Lipinski definition) is 5. The maximum absolute atomic E-state index is 13.1. The van der Waals surface area contributed by atoms with Gasteiger partial charge in [0.1, 0.15) is 11.9 Å². The molecule has 2 atom stereocenters. The SMILES string of the molecule is CC(C)[C@H](NC(=O)C1(C)COC1)[C@H](Oc1ccc2c(cnn2-c2ccc(=O)n(C)c2)c1)c1ccccc1. The lowest BCUT2D eigenvalue weighted by molar-refractivity contribution is -0.159. The third kappa shape index (κ3) is 4.89. The van der Waals surface area contributed by atoms with Gasteiger partial charge in [0.15, 0.2) is 0 Å². The first-order chi connectivity index (χ1) is 17.7. The van der Waals surface area contributed by atoms with E-state index < -0.39 is 11.5 Å². The van der Waals surface area contributed by atoms with Crippen molar-refractivity contribution in [3.8, 4) is 11.4 Å². The van der Waals surface area contributed by atoms with Crippen LogP contribution in [0, 0.1) is 11.3 Å². The maximum Gasteiger partial charge on any atom is 0.250 e. The molecule has 2 aromatic carbocycles. The van der Waals surface area contributed by atoms with Gasteiger partial charge >= 0.3 is 0 Å². The zero-order chi connectivity index (χ0) is 26.2. The van der Waals surface area contributed by atoms with Crippen molar-refractivity contribution in [1.29, 1.82) is 0 Å². The molecule has 2 aromatic heterocycles. The van der Waals surface area contributed by atoms with Gasteiger partial charge in [-0.2, -0.15) is 5.10 Å². The molecule has 1 N–H and O–H groups in total. The summed E-state index contributed by atoms with van der Waals surface area (Å²) in [5.41, 5.74) is 2.09. The van der Waals surface area contributed by atoms with Crippen molar-refractivity contribution >= 4 is 16.8 Å². The van der Waals surface area contributed by atoms with Crippen molar-refractivity contribution < 1.29 is 14.3 Å². The van der Waals surface area contributed by atoms with Crippen LogP contribution in [0.4, 0.5) is 0 Å². The Balaban J connectivity index is 1.47. The number of aryl methyl sites for hydroxylation is 1. The highest BCUT2D eigenvalue weighted by molar-refractivity contribution is 5.84. The summed E-state index contributed by atoms with van der Waals surface area (Å²) < 4.78 is 15.3. The van der Waals surface area contributed by atoms with Crippen LogP contribution in [0.25, 0.3) is 16.6 Å². The molecule has 1 saturated heterocycles. The van der Waals surface area contributed by atoms with Crippen molar-refractivity contribution in [2.75, 3.05) is 13.2 Å². The molecule has 8 nitrogen and oxygen atoms in total. The third-order valence-corrected chi connectivity index (χ3v) is 6.98. The Kier molecular flexibility index (Phi) is 6.60. The van der Waals surface area contributed by atoms with Gasteiger partial charge in [-0.15, -0.1) is 0 Å². The van der Waals surface area contributed by atoms with Gasteiger partial charge in [-0.05, 0) is 42.7 Å². The highest BCUT2D eigenvalue weighted by Gasteiger charge is 2.43. The number of fused-ring (bicyclic) bond motifs is 1. The first-order valence-corrected chi connectivity index (χ1v) is 12.5. The fourth-order valence-electron chi connectivity index (χ4n) is 4.59. The molecule has 0 bridgehead atoms. The number of amides is 1. The molecule has 0 unspecified atom stereocenters.